The van der Waals surface area contributed by atoms with Crippen molar-refractivity contribution in [1.82, 2.24) is 9.80 Å². The van der Waals surface area contributed by atoms with Gasteiger partial charge in [0.05, 0.1) is 0 Å². The third kappa shape index (κ3) is 2.40. The van der Waals surface area contributed by atoms with E-state index in [4.69, 9.17) is 0 Å². The van der Waals surface area contributed by atoms with Crippen LogP contribution in [0.1, 0.15) is 28.8 Å². The lowest BCUT2D eigenvalue weighted by Crippen LogP contribution is -2.52. The Morgan fingerprint density at radius 3 is 2.90 bits per heavy atom. The van der Waals surface area contributed by atoms with Crippen LogP contribution in [0.4, 0.5) is 5.69 Å². The van der Waals surface area contributed by atoms with Crippen molar-refractivity contribution >= 4 is 11.6 Å². The van der Waals surface area contributed by atoms with Gasteiger partial charge in [-0.25, -0.2) is 0 Å². The molecular weight excluding hydrogens is 250 g/mol. The first kappa shape index (κ1) is 13.4. The summed E-state index contributed by atoms with van der Waals surface area (Å²) in [4.78, 5) is 17.3. The van der Waals surface area contributed by atoms with Crippen molar-refractivity contribution in [2.45, 2.75) is 25.8 Å². The normalized spacial score (nSPS) is 22.7. The molecule has 4 nitrogen and oxygen atoms in total. The lowest BCUT2D eigenvalue weighted by Gasteiger charge is -2.37. The van der Waals surface area contributed by atoms with Gasteiger partial charge >= 0.3 is 0 Å². The number of rotatable bonds is 2. The second kappa shape index (κ2) is 5.44. The number of piperazine rings is 1. The zero-order valence-corrected chi connectivity index (χ0v) is 12.4. The van der Waals surface area contributed by atoms with E-state index in [1.54, 1.807) is 0 Å². The zero-order chi connectivity index (χ0) is 14.1. The molecule has 2 aliphatic heterocycles. The first-order valence-corrected chi connectivity index (χ1v) is 7.51. The maximum Gasteiger partial charge on any atom is 0.254 e. The van der Waals surface area contributed by atoms with Gasteiger partial charge in [0.1, 0.15) is 0 Å². The van der Waals surface area contributed by atoms with Gasteiger partial charge in [-0.1, -0.05) is 0 Å². The average Bonchev–Trinajstić information content (AvgIpc) is 2.93. The molecule has 1 atom stereocenters. The van der Waals surface area contributed by atoms with Crippen LogP contribution in [0.15, 0.2) is 18.2 Å². The molecule has 0 spiro atoms. The Bertz CT molecular complexity index is 514. The number of fused-ring (bicyclic) bond motifs is 1. The summed E-state index contributed by atoms with van der Waals surface area (Å²) in [5, 5.41) is 3.11. The van der Waals surface area contributed by atoms with E-state index in [9.17, 15) is 4.79 Å². The summed E-state index contributed by atoms with van der Waals surface area (Å²) < 4.78 is 0. The average molecular weight is 273 g/mol. The Morgan fingerprint density at radius 2 is 2.15 bits per heavy atom. The molecule has 3 rings (SSSR count). The van der Waals surface area contributed by atoms with Crippen LogP contribution in [0.3, 0.4) is 0 Å². The predicted molar refractivity (Wildman–Crippen MR) is 81.2 cm³/mol. The summed E-state index contributed by atoms with van der Waals surface area (Å²) in [5.41, 5.74) is 2.95. The Hall–Kier alpha value is -1.55. The molecule has 1 unspecified atom stereocenters. The van der Waals surface area contributed by atoms with Gasteiger partial charge in [-0.3, -0.25) is 9.69 Å². The van der Waals surface area contributed by atoms with E-state index >= 15 is 0 Å². The number of nitrogens with zero attached hydrogens (tertiary/aromatic N) is 2. The highest BCUT2D eigenvalue weighted by atomic mass is 16.2. The van der Waals surface area contributed by atoms with Gasteiger partial charge in [0.25, 0.3) is 5.91 Å². The van der Waals surface area contributed by atoms with E-state index in [0.717, 1.165) is 36.4 Å². The van der Waals surface area contributed by atoms with Crippen molar-refractivity contribution in [3.05, 3.63) is 29.3 Å². The maximum atomic E-state index is 12.7. The van der Waals surface area contributed by atoms with E-state index in [1.165, 1.54) is 19.4 Å². The van der Waals surface area contributed by atoms with E-state index < -0.39 is 0 Å². The fourth-order valence-corrected chi connectivity index (χ4v) is 3.41. The SMILES string of the molecule is CNc1ccc(C(=O)N2CCN3CCCC3C2)c(C)c1. The summed E-state index contributed by atoms with van der Waals surface area (Å²) in [5.74, 6) is 0.191. The predicted octanol–water partition coefficient (Wildman–Crippen LogP) is 1.96. The van der Waals surface area contributed by atoms with Crippen LogP contribution in [0, 0.1) is 6.92 Å². The lowest BCUT2D eigenvalue weighted by atomic mass is 10.0. The van der Waals surface area contributed by atoms with Crippen molar-refractivity contribution in [3.8, 4) is 0 Å². The summed E-state index contributed by atoms with van der Waals surface area (Å²) in [6.45, 7) is 6.02. The maximum absolute atomic E-state index is 12.7. The van der Waals surface area contributed by atoms with Crippen LogP contribution >= 0.6 is 0 Å². The standard InChI is InChI=1S/C16H23N3O/c1-12-10-13(17-2)5-6-15(12)16(20)19-9-8-18-7-3-4-14(18)11-19/h5-6,10,14,17H,3-4,7-9,11H2,1-2H3. The van der Waals surface area contributed by atoms with Crippen LogP contribution in [-0.4, -0.2) is 55.0 Å². The highest BCUT2D eigenvalue weighted by molar-refractivity contribution is 5.96. The van der Waals surface area contributed by atoms with E-state index in [1.807, 2.05) is 37.1 Å². The summed E-state index contributed by atoms with van der Waals surface area (Å²) in [6.07, 6.45) is 2.52. The molecule has 0 saturated carbocycles. The molecule has 1 amide bonds. The minimum absolute atomic E-state index is 0.191. The number of carbonyl (C=O) groups excluding carboxylic acids is 1. The Morgan fingerprint density at radius 1 is 1.30 bits per heavy atom. The molecule has 2 aliphatic rings. The molecule has 2 heterocycles. The monoisotopic (exact) mass is 273 g/mol. The molecular formula is C16H23N3O. The van der Waals surface area contributed by atoms with Crippen LogP contribution in [0.25, 0.3) is 0 Å². The fourth-order valence-electron chi connectivity index (χ4n) is 3.41. The van der Waals surface area contributed by atoms with Crippen molar-refractivity contribution < 1.29 is 4.79 Å². The quantitative estimate of drug-likeness (QED) is 0.894. The minimum Gasteiger partial charge on any atom is -0.388 e. The molecule has 4 heteroatoms. The topological polar surface area (TPSA) is 35.6 Å². The van der Waals surface area contributed by atoms with E-state index in [0.29, 0.717) is 6.04 Å². The van der Waals surface area contributed by atoms with Crippen molar-refractivity contribution in [1.29, 1.82) is 0 Å². The number of anilines is 1. The number of benzene rings is 1. The third-order valence-corrected chi connectivity index (χ3v) is 4.62. The highest BCUT2D eigenvalue weighted by Crippen LogP contribution is 2.23. The molecule has 1 N–H and O–H groups in total. The lowest BCUT2D eigenvalue weighted by molar-refractivity contribution is 0.0570. The van der Waals surface area contributed by atoms with E-state index in [-0.39, 0.29) is 5.91 Å². The third-order valence-electron chi connectivity index (χ3n) is 4.62. The molecule has 2 saturated heterocycles. The zero-order valence-electron chi connectivity index (χ0n) is 12.4. The van der Waals surface area contributed by atoms with Crippen molar-refractivity contribution in [3.63, 3.8) is 0 Å². The van der Waals surface area contributed by atoms with Crippen LogP contribution in [-0.2, 0) is 0 Å². The molecule has 0 aliphatic carbocycles. The van der Waals surface area contributed by atoms with Crippen LogP contribution in [0.5, 0.6) is 0 Å². The second-order valence-corrected chi connectivity index (χ2v) is 5.86. The molecule has 0 aromatic heterocycles. The Balaban J connectivity index is 1.75. The van der Waals surface area contributed by atoms with E-state index in [2.05, 4.69) is 10.2 Å². The van der Waals surface area contributed by atoms with Gasteiger partial charge in [-0.2, -0.15) is 0 Å². The number of aryl methyl sites for hydroxylation is 1. The summed E-state index contributed by atoms with van der Waals surface area (Å²) in [6, 6.07) is 6.56. The molecule has 20 heavy (non-hydrogen) atoms. The molecule has 0 bridgehead atoms. The number of carbonyl (C=O) groups is 1. The number of amides is 1. The molecule has 0 radical (unpaired) electrons. The largest absolute Gasteiger partial charge is 0.388 e. The first-order chi connectivity index (χ1) is 9.69. The fraction of sp³-hybridized carbons (Fsp3) is 0.562. The van der Waals surface area contributed by atoms with Gasteiger partial charge in [-0.15, -0.1) is 0 Å². The van der Waals surface area contributed by atoms with Gasteiger partial charge in [0, 0.05) is 44.0 Å². The van der Waals surface area contributed by atoms with Gasteiger partial charge in [0.2, 0.25) is 0 Å². The summed E-state index contributed by atoms with van der Waals surface area (Å²) in [7, 11) is 1.90. The second-order valence-electron chi connectivity index (χ2n) is 5.86. The van der Waals surface area contributed by atoms with Crippen molar-refractivity contribution in [2.24, 2.45) is 0 Å². The Labute approximate surface area is 120 Å². The van der Waals surface area contributed by atoms with Crippen LogP contribution < -0.4 is 5.32 Å². The van der Waals surface area contributed by atoms with Gasteiger partial charge in [0.15, 0.2) is 0 Å². The number of hydrogen-bond acceptors (Lipinski definition) is 3. The molecule has 1 aromatic carbocycles. The first-order valence-electron chi connectivity index (χ1n) is 7.51. The van der Waals surface area contributed by atoms with Crippen molar-refractivity contribution in [2.75, 3.05) is 38.5 Å². The molecule has 1 aromatic rings. The Kier molecular flexibility index (Phi) is 3.66. The molecule has 2 fully saturated rings. The van der Waals surface area contributed by atoms with Gasteiger partial charge < -0.3 is 10.2 Å². The highest BCUT2D eigenvalue weighted by Gasteiger charge is 2.32. The number of nitrogens with one attached hydrogen (secondary N) is 1. The number of hydrogen-bond donors (Lipinski definition) is 1. The molecule has 108 valence electrons. The smallest absolute Gasteiger partial charge is 0.254 e. The summed E-state index contributed by atoms with van der Waals surface area (Å²) >= 11 is 0. The van der Waals surface area contributed by atoms with Gasteiger partial charge in [-0.05, 0) is 50.1 Å². The minimum atomic E-state index is 0.191. The van der Waals surface area contributed by atoms with Crippen LogP contribution in [0.2, 0.25) is 0 Å².